The molecule has 21 heavy (non-hydrogen) atoms. The zero-order valence-electron chi connectivity index (χ0n) is 11.9. The van der Waals surface area contributed by atoms with Gasteiger partial charge in [-0.2, -0.15) is 0 Å². The smallest absolute Gasteiger partial charge is 0.0907 e. The molecule has 5 heteroatoms. The molecule has 0 aliphatic carbocycles. The molecule has 3 atom stereocenters. The van der Waals surface area contributed by atoms with Crippen molar-refractivity contribution in [2.24, 2.45) is 5.92 Å². The predicted molar refractivity (Wildman–Crippen MR) is 86.2 cm³/mol. The SMILES string of the molecule is OCCCC[C@@H]1Nc2c(Cl)ccc(Cl)c2[C@H]2OCCC[C@H]12. The van der Waals surface area contributed by atoms with Crippen LogP contribution in [-0.2, 0) is 4.74 Å². The summed E-state index contributed by atoms with van der Waals surface area (Å²) in [5.74, 6) is 0.431. The summed E-state index contributed by atoms with van der Waals surface area (Å²) in [4.78, 5) is 0. The van der Waals surface area contributed by atoms with Gasteiger partial charge >= 0.3 is 0 Å². The topological polar surface area (TPSA) is 41.5 Å². The van der Waals surface area contributed by atoms with Gasteiger partial charge in [0.1, 0.15) is 0 Å². The normalized spacial score (nSPS) is 27.7. The molecule has 2 aliphatic rings. The van der Waals surface area contributed by atoms with Crippen LogP contribution in [0.2, 0.25) is 10.0 Å². The molecule has 2 heterocycles. The number of anilines is 1. The first-order valence-corrected chi connectivity index (χ1v) is 8.45. The summed E-state index contributed by atoms with van der Waals surface area (Å²) in [6, 6.07) is 4.03. The molecule has 1 aromatic carbocycles. The Hall–Kier alpha value is -0.480. The van der Waals surface area contributed by atoms with Crippen LogP contribution in [0.15, 0.2) is 12.1 Å². The Morgan fingerprint density at radius 1 is 1.24 bits per heavy atom. The average Bonchev–Trinajstić information content (AvgIpc) is 2.51. The lowest BCUT2D eigenvalue weighted by Gasteiger charge is -2.44. The maximum atomic E-state index is 8.98. The van der Waals surface area contributed by atoms with Gasteiger partial charge in [0.05, 0.1) is 16.8 Å². The van der Waals surface area contributed by atoms with E-state index < -0.39 is 0 Å². The van der Waals surface area contributed by atoms with E-state index in [1.807, 2.05) is 12.1 Å². The summed E-state index contributed by atoms with van der Waals surface area (Å²) in [5, 5.41) is 14.0. The third-order valence-corrected chi connectivity index (χ3v) is 5.21. The quantitative estimate of drug-likeness (QED) is 0.803. The lowest BCUT2D eigenvalue weighted by Crippen LogP contribution is -2.41. The van der Waals surface area contributed by atoms with Crippen molar-refractivity contribution in [1.29, 1.82) is 0 Å². The molecule has 0 saturated carbocycles. The molecule has 2 aliphatic heterocycles. The van der Waals surface area contributed by atoms with Crippen molar-refractivity contribution in [2.45, 2.75) is 44.2 Å². The minimum atomic E-state index is 0.0420. The van der Waals surface area contributed by atoms with E-state index in [4.69, 9.17) is 33.0 Å². The Bertz CT molecular complexity index is 509. The molecule has 1 saturated heterocycles. The largest absolute Gasteiger partial charge is 0.396 e. The number of hydrogen-bond acceptors (Lipinski definition) is 3. The summed E-state index contributed by atoms with van der Waals surface area (Å²) in [6.07, 6.45) is 5.14. The number of fused-ring (bicyclic) bond motifs is 3. The summed E-state index contributed by atoms with van der Waals surface area (Å²) < 4.78 is 6.05. The Morgan fingerprint density at radius 2 is 2.05 bits per heavy atom. The van der Waals surface area contributed by atoms with Crippen LogP contribution in [0.1, 0.15) is 43.8 Å². The fourth-order valence-electron chi connectivity index (χ4n) is 3.56. The molecule has 0 unspecified atom stereocenters. The number of ether oxygens (including phenoxy) is 1. The van der Waals surface area contributed by atoms with Gasteiger partial charge in [-0.3, -0.25) is 0 Å². The van der Waals surface area contributed by atoms with E-state index in [1.54, 1.807) is 0 Å². The number of benzene rings is 1. The van der Waals surface area contributed by atoms with Crippen LogP contribution in [0.3, 0.4) is 0 Å². The van der Waals surface area contributed by atoms with Gasteiger partial charge in [0.2, 0.25) is 0 Å². The minimum absolute atomic E-state index is 0.0420. The van der Waals surface area contributed by atoms with Gasteiger partial charge in [0, 0.05) is 35.8 Å². The van der Waals surface area contributed by atoms with Crippen LogP contribution in [0.25, 0.3) is 0 Å². The number of rotatable bonds is 4. The molecule has 0 aromatic heterocycles. The number of aliphatic hydroxyl groups excluding tert-OH is 1. The van der Waals surface area contributed by atoms with Crippen LogP contribution >= 0.6 is 23.2 Å². The predicted octanol–water partition coefficient (Wildman–Crippen LogP) is 4.42. The molecular formula is C16H21Cl2NO2. The van der Waals surface area contributed by atoms with Gasteiger partial charge in [0.15, 0.2) is 0 Å². The molecule has 1 aromatic rings. The van der Waals surface area contributed by atoms with E-state index in [0.29, 0.717) is 17.0 Å². The Balaban J connectivity index is 1.91. The second-order valence-corrected chi connectivity index (χ2v) is 6.70. The molecule has 116 valence electrons. The van der Waals surface area contributed by atoms with Gasteiger partial charge in [-0.15, -0.1) is 0 Å². The fourth-order valence-corrected chi connectivity index (χ4v) is 4.05. The third kappa shape index (κ3) is 3.02. The van der Waals surface area contributed by atoms with Gasteiger partial charge in [0.25, 0.3) is 0 Å². The van der Waals surface area contributed by atoms with Crippen molar-refractivity contribution in [1.82, 2.24) is 0 Å². The molecule has 0 spiro atoms. The second kappa shape index (κ2) is 6.74. The van der Waals surface area contributed by atoms with Crippen molar-refractivity contribution in [3.63, 3.8) is 0 Å². The standard InChI is InChI=1S/C16H21Cl2NO2/c17-11-6-7-12(18)15-14(11)16-10(4-3-9-21-16)13(19-15)5-1-2-8-20/h6-7,10,13,16,19-20H,1-5,8-9H2/t10-,13+,16+/m1/s1. The molecule has 0 bridgehead atoms. The Kier molecular flexibility index (Phi) is 4.95. The second-order valence-electron chi connectivity index (χ2n) is 5.89. The maximum absolute atomic E-state index is 8.98. The van der Waals surface area contributed by atoms with Crippen molar-refractivity contribution in [3.05, 3.63) is 27.7 Å². The van der Waals surface area contributed by atoms with Crippen molar-refractivity contribution in [3.8, 4) is 0 Å². The first kappa shape index (κ1) is 15.4. The highest BCUT2D eigenvalue weighted by molar-refractivity contribution is 6.36. The Morgan fingerprint density at radius 3 is 2.86 bits per heavy atom. The van der Waals surface area contributed by atoms with Crippen molar-refractivity contribution >= 4 is 28.9 Å². The third-order valence-electron chi connectivity index (χ3n) is 4.56. The number of unbranched alkanes of at least 4 members (excludes halogenated alkanes) is 1. The summed E-state index contributed by atoms with van der Waals surface area (Å²) in [7, 11) is 0. The first-order valence-electron chi connectivity index (χ1n) is 7.69. The van der Waals surface area contributed by atoms with E-state index in [-0.39, 0.29) is 12.7 Å². The molecule has 0 radical (unpaired) electrons. The zero-order valence-corrected chi connectivity index (χ0v) is 13.5. The highest BCUT2D eigenvalue weighted by Crippen LogP contribution is 2.49. The molecule has 1 fully saturated rings. The summed E-state index contributed by atoms with van der Waals surface area (Å²) in [5.41, 5.74) is 1.95. The molecule has 2 N–H and O–H groups in total. The minimum Gasteiger partial charge on any atom is -0.396 e. The summed E-state index contributed by atoms with van der Waals surface area (Å²) in [6.45, 7) is 1.04. The Labute approximate surface area is 135 Å². The number of halogens is 2. The van der Waals surface area contributed by atoms with E-state index in [0.717, 1.165) is 55.0 Å². The molecule has 0 amide bonds. The summed E-state index contributed by atoms with van der Waals surface area (Å²) >= 11 is 12.8. The fraction of sp³-hybridized carbons (Fsp3) is 0.625. The van der Waals surface area contributed by atoms with Crippen LogP contribution in [-0.4, -0.2) is 24.4 Å². The number of nitrogens with one attached hydrogen (secondary N) is 1. The van der Waals surface area contributed by atoms with Crippen LogP contribution in [0, 0.1) is 5.92 Å². The maximum Gasteiger partial charge on any atom is 0.0907 e. The van der Waals surface area contributed by atoms with Crippen LogP contribution in [0.4, 0.5) is 5.69 Å². The van der Waals surface area contributed by atoms with Crippen molar-refractivity contribution in [2.75, 3.05) is 18.5 Å². The molecule has 3 nitrogen and oxygen atoms in total. The number of hydrogen-bond donors (Lipinski definition) is 2. The van der Waals surface area contributed by atoms with Crippen molar-refractivity contribution < 1.29 is 9.84 Å². The lowest BCUT2D eigenvalue weighted by molar-refractivity contribution is -0.0386. The number of aliphatic hydroxyl groups is 1. The van der Waals surface area contributed by atoms with E-state index in [2.05, 4.69) is 5.32 Å². The lowest BCUT2D eigenvalue weighted by atomic mass is 9.78. The van der Waals surface area contributed by atoms with Crippen LogP contribution < -0.4 is 5.32 Å². The highest BCUT2D eigenvalue weighted by atomic mass is 35.5. The highest BCUT2D eigenvalue weighted by Gasteiger charge is 2.40. The van der Waals surface area contributed by atoms with E-state index in [1.165, 1.54) is 0 Å². The van der Waals surface area contributed by atoms with Gasteiger partial charge in [-0.1, -0.05) is 23.2 Å². The van der Waals surface area contributed by atoms with Gasteiger partial charge in [-0.05, 0) is 44.2 Å². The van der Waals surface area contributed by atoms with Gasteiger partial charge < -0.3 is 15.2 Å². The average molecular weight is 330 g/mol. The molecule has 3 rings (SSSR count). The zero-order chi connectivity index (χ0) is 14.8. The first-order chi connectivity index (χ1) is 10.2. The van der Waals surface area contributed by atoms with Gasteiger partial charge in [-0.25, -0.2) is 0 Å². The van der Waals surface area contributed by atoms with Crippen LogP contribution in [0.5, 0.6) is 0 Å². The molecular weight excluding hydrogens is 309 g/mol. The van der Waals surface area contributed by atoms with E-state index in [9.17, 15) is 0 Å². The van der Waals surface area contributed by atoms with E-state index >= 15 is 0 Å². The monoisotopic (exact) mass is 329 g/mol.